The third-order valence-corrected chi connectivity index (χ3v) is 4.00. The molecule has 0 saturated carbocycles. The molecule has 0 aliphatic rings. The lowest BCUT2D eigenvalue weighted by Gasteiger charge is -2.24. The SMILES string of the molecule is CC(C)(C(=O)Nc1nccs1)n1nc(-c2ccco2)ccc1=O. The second-order valence-electron chi connectivity index (χ2n) is 5.30. The summed E-state index contributed by atoms with van der Waals surface area (Å²) in [6, 6.07) is 6.39. The Morgan fingerprint density at radius 2 is 2.17 bits per heavy atom. The first-order chi connectivity index (χ1) is 11.0. The number of carbonyl (C=O) groups excluding carboxylic acids is 1. The highest BCUT2D eigenvalue weighted by atomic mass is 32.1. The molecule has 0 unspecified atom stereocenters. The van der Waals surface area contributed by atoms with Crippen LogP contribution < -0.4 is 10.9 Å². The van der Waals surface area contributed by atoms with E-state index in [4.69, 9.17) is 4.42 Å². The first-order valence-electron chi connectivity index (χ1n) is 6.84. The number of amides is 1. The van der Waals surface area contributed by atoms with E-state index in [-0.39, 0.29) is 11.5 Å². The fourth-order valence-corrected chi connectivity index (χ4v) is 2.52. The quantitative estimate of drug-likeness (QED) is 0.793. The highest BCUT2D eigenvalue weighted by Gasteiger charge is 2.33. The van der Waals surface area contributed by atoms with E-state index in [1.807, 2.05) is 0 Å². The van der Waals surface area contributed by atoms with Gasteiger partial charge in [-0.3, -0.25) is 14.9 Å². The minimum Gasteiger partial charge on any atom is -0.463 e. The van der Waals surface area contributed by atoms with Crippen molar-refractivity contribution in [3.8, 4) is 11.5 Å². The van der Waals surface area contributed by atoms with Crippen molar-refractivity contribution in [3.63, 3.8) is 0 Å². The number of nitrogens with one attached hydrogen (secondary N) is 1. The van der Waals surface area contributed by atoms with Crippen LogP contribution in [-0.4, -0.2) is 20.7 Å². The Kier molecular flexibility index (Phi) is 3.83. The number of carbonyl (C=O) groups is 1. The van der Waals surface area contributed by atoms with Gasteiger partial charge in [0.25, 0.3) is 11.5 Å². The van der Waals surface area contributed by atoms with E-state index in [9.17, 15) is 9.59 Å². The van der Waals surface area contributed by atoms with Crippen LogP contribution in [0.1, 0.15) is 13.8 Å². The van der Waals surface area contributed by atoms with Gasteiger partial charge in [-0.15, -0.1) is 11.3 Å². The molecule has 3 rings (SSSR count). The third kappa shape index (κ3) is 2.93. The van der Waals surface area contributed by atoms with E-state index in [1.54, 1.807) is 43.6 Å². The number of rotatable bonds is 4. The lowest BCUT2D eigenvalue weighted by atomic mass is 10.1. The number of furan rings is 1. The number of nitrogens with zero attached hydrogens (tertiary/aromatic N) is 3. The predicted octanol–water partition coefficient (Wildman–Crippen LogP) is 2.33. The Labute approximate surface area is 135 Å². The fourth-order valence-electron chi connectivity index (χ4n) is 2.00. The molecule has 118 valence electrons. The highest BCUT2D eigenvalue weighted by Crippen LogP contribution is 2.20. The summed E-state index contributed by atoms with van der Waals surface area (Å²) in [5.74, 6) is 0.147. The molecule has 3 aromatic heterocycles. The van der Waals surface area contributed by atoms with Gasteiger partial charge < -0.3 is 4.42 Å². The normalized spacial score (nSPS) is 11.4. The fraction of sp³-hybridized carbons (Fsp3) is 0.200. The molecule has 7 nitrogen and oxygen atoms in total. The topological polar surface area (TPSA) is 90.0 Å². The van der Waals surface area contributed by atoms with Crippen LogP contribution in [0.3, 0.4) is 0 Å². The minimum absolute atomic E-state index is 0.375. The van der Waals surface area contributed by atoms with Crippen molar-refractivity contribution in [2.75, 3.05) is 5.32 Å². The maximum atomic E-state index is 12.5. The third-order valence-electron chi connectivity index (χ3n) is 3.31. The molecule has 0 fully saturated rings. The van der Waals surface area contributed by atoms with Crippen LogP contribution in [-0.2, 0) is 10.3 Å². The average molecular weight is 330 g/mol. The Hall–Kier alpha value is -2.74. The Bertz CT molecular complexity index is 867. The van der Waals surface area contributed by atoms with E-state index < -0.39 is 5.54 Å². The number of aromatic nitrogens is 3. The van der Waals surface area contributed by atoms with Crippen molar-refractivity contribution < 1.29 is 9.21 Å². The zero-order valence-corrected chi connectivity index (χ0v) is 13.3. The molecule has 3 aromatic rings. The zero-order chi connectivity index (χ0) is 16.4. The molecular formula is C15H14N4O3S. The number of hydrogen-bond donors (Lipinski definition) is 1. The summed E-state index contributed by atoms with van der Waals surface area (Å²) in [6.07, 6.45) is 3.11. The van der Waals surface area contributed by atoms with Crippen LogP contribution in [0.15, 0.2) is 51.3 Å². The molecule has 0 bridgehead atoms. The summed E-state index contributed by atoms with van der Waals surface area (Å²) in [7, 11) is 0. The first-order valence-corrected chi connectivity index (χ1v) is 7.72. The van der Waals surface area contributed by atoms with Gasteiger partial charge in [-0.25, -0.2) is 9.67 Å². The number of thiazole rings is 1. The Morgan fingerprint density at radius 1 is 1.35 bits per heavy atom. The minimum atomic E-state index is -1.19. The summed E-state index contributed by atoms with van der Waals surface area (Å²) >= 11 is 1.30. The molecule has 3 heterocycles. The van der Waals surface area contributed by atoms with E-state index in [0.717, 1.165) is 4.68 Å². The molecule has 1 N–H and O–H groups in total. The molecule has 0 saturated heterocycles. The summed E-state index contributed by atoms with van der Waals surface area (Å²) in [5.41, 5.74) is -1.09. The van der Waals surface area contributed by atoms with Gasteiger partial charge in [0.15, 0.2) is 10.9 Å². The number of anilines is 1. The van der Waals surface area contributed by atoms with Crippen molar-refractivity contribution >= 4 is 22.4 Å². The maximum absolute atomic E-state index is 12.5. The van der Waals surface area contributed by atoms with E-state index in [2.05, 4.69) is 15.4 Å². The van der Waals surface area contributed by atoms with Crippen LogP contribution >= 0.6 is 11.3 Å². The van der Waals surface area contributed by atoms with Crippen molar-refractivity contribution in [1.82, 2.24) is 14.8 Å². The zero-order valence-electron chi connectivity index (χ0n) is 12.5. The summed E-state index contributed by atoms with van der Waals surface area (Å²) in [5, 5.41) is 9.18. The number of hydrogen-bond acceptors (Lipinski definition) is 6. The second-order valence-corrected chi connectivity index (χ2v) is 6.19. The summed E-state index contributed by atoms with van der Waals surface area (Å²) in [4.78, 5) is 28.7. The first kappa shape index (κ1) is 15.2. The highest BCUT2D eigenvalue weighted by molar-refractivity contribution is 7.13. The van der Waals surface area contributed by atoms with Gasteiger partial charge in [-0.05, 0) is 32.0 Å². The molecule has 0 radical (unpaired) electrons. The largest absolute Gasteiger partial charge is 0.463 e. The monoisotopic (exact) mass is 330 g/mol. The van der Waals surface area contributed by atoms with E-state index in [1.165, 1.54) is 23.7 Å². The predicted molar refractivity (Wildman–Crippen MR) is 86.3 cm³/mol. The second kappa shape index (κ2) is 5.81. The van der Waals surface area contributed by atoms with Gasteiger partial charge >= 0.3 is 0 Å². The van der Waals surface area contributed by atoms with Gasteiger partial charge in [0.1, 0.15) is 11.2 Å². The standard InChI is InChI=1S/C15H14N4O3S/c1-15(2,13(21)17-14-16-7-9-23-14)19-12(20)6-5-10(18-19)11-4-3-8-22-11/h3-9H,1-2H3,(H,16,17,21). The van der Waals surface area contributed by atoms with E-state index >= 15 is 0 Å². The van der Waals surface area contributed by atoms with Crippen LogP contribution in [0.5, 0.6) is 0 Å². The van der Waals surface area contributed by atoms with Crippen LogP contribution in [0.2, 0.25) is 0 Å². The molecule has 0 aliphatic carbocycles. The van der Waals surface area contributed by atoms with Crippen LogP contribution in [0.4, 0.5) is 5.13 Å². The summed E-state index contributed by atoms with van der Waals surface area (Å²) < 4.78 is 6.43. The Morgan fingerprint density at radius 3 is 2.83 bits per heavy atom. The van der Waals surface area contributed by atoms with E-state index in [0.29, 0.717) is 16.6 Å². The van der Waals surface area contributed by atoms with Crippen molar-refractivity contribution in [2.24, 2.45) is 0 Å². The van der Waals surface area contributed by atoms with Crippen molar-refractivity contribution in [1.29, 1.82) is 0 Å². The maximum Gasteiger partial charge on any atom is 0.267 e. The average Bonchev–Trinajstić information content (AvgIpc) is 3.20. The van der Waals surface area contributed by atoms with Gasteiger partial charge in [-0.2, -0.15) is 5.10 Å². The molecular weight excluding hydrogens is 316 g/mol. The molecule has 23 heavy (non-hydrogen) atoms. The van der Waals surface area contributed by atoms with Crippen molar-refractivity contribution in [2.45, 2.75) is 19.4 Å². The van der Waals surface area contributed by atoms with Gasteiger partial charge in [-0.1, -0.05) is 0 Å². The molecule has 0 aromatic carbocycles. The molecule has 0 atom stereocenters. The smallest absolute Gasteiger partial charge is 0.267 e. The summed E-state index contributed by atoms with van der Waals surface area (Å²) in [6.45, 7) is 3.24. The van der Waals surface area contributed by atoms with Gasteiger partial charge in [0, 0.05) is 17.6 Å². The van der Waals surface area contributed by atoms with Crippen molar-refractivity contribution in [3.05, 3.63) is 52.5 Å². The molecule has 1 amide bonds. The Balaban J connectivity index is 1.97. The molecule has 0 spiro atoms. The molecule has 0 aliphatic heterocycles. The van der Waals surface area contributed by atoms with Crippen LogP contribution in [0, 0.1) is 0 Å². The lowest BCUT2D eigenvalue weighted by Crippen LogP contribution is -2.47. The van der Waals surface area contributed by atoms with Crippen LogP contribution in [0.25, 0.3) is 11.5 Å². The lowest BCUT2D eigenvalue weighted by molar-refractivity contribution is -0.123. The van der Waals surface area contributed by atoms with Gasteiger partial charge in [0.2, 0.25) is 0 Å². The molecule has 8 heteroatoms. The van der Waals surface area contributed by atoms with Gasteiger partial charge in [0.05, 0.1) is 6.26 Å².